The first kappa shape index (κ1) is 28.0. The number of alkyl halides is 2. The van der Waals surface area contributed by atoms with Crippen molar-refractivity contribution in [3.05, 3.63) is 42.6 Å². The molecule has 1 aromatic carbocycles. The van der Waals surface area contributed by atoms with Gasteiger partial charge in [-0.05, 0) is 74.1 Å². The molecule has 3 amide bonds. The SMILES string of the molecule is NC(=O)C12CC3C[C@H](C1)C(NC(=O)N1CCN(c4ccc(N5CCN(CC6CC6(F)F)CC5)cn4)c4ccccc41)[C@@H](C3)C2. The van der Waals surface area contributed by atoms with Gasteiger partial charge in [-0.1, -0.05) is 12.1 Å². The number of urea groups is 1. The summed E-state index contributed by atoms with van der Waals surface area (Å²) in [6, 6.07) is 12.1. The van der Waals surface area contributed by atoms with Crippen LogP contribution in [0.2, 0.25) is 0 Å². The van der Waals surface area contributed by atoms with Gasteiger partial charge in [0.2, 0.25) is 5.91 Å². The van der Waals surface area contributed by atoms with Crippen LogP contribution in [0.4, 0.5) is 36.5 Å². The minimum atomic E-state index is -2.46. The van der Waals surface area contributed by atoms with Crippen LogP contribution in [0.15, 0.2) is 42.6 Å². The van der Waals surface area contributed by atoms with Crippen molar-refractivity contribution in [2.75, 3.05) is 60.5 Å². The van der Waals surface area contributed by atoms with Crippen molar-refractivity contribution >= 4 is 34.8 Å². The van der Waals surface area contributed by atoms with Crippen molar-refractivity contribution in [3.8, 4) is 0 Å². The third-order valence-corrected chi connectivity index (χ3v) is 11.5. The molecule has 3 heterocycles. The summed E-state index contributed by atoms with van der Waals surface area (Å²) in [4.78, 5) is 39.4. The van der Waals surface area contributed by atoms with Gasteiger partial charge in [0, 0.05) is 69.6 Å². The number of carbonyl (C=O) groups is 2. The summed E-state index contributed by atoms with van der Waals surface area (Å²) in [6.45, 7) is 4.78. The molecule has 0 spiro atoms. The van der Waals surface area contributed by atoms with E-state index in [1.807, 2.05) is 41.4 Å². The summed E-state index contributed by atoms with van der Waals surface area (Å²) < 4.78 is 26.7. The van der Waals surface area contributed by atoms with E-state index in [1.165, 1.54) is 0 Å². The molecule has 2 aromatic rings. The quantitative estimate of drug-likeness (QED) is 0.512. The van der Waals surface area contributed by atoms with Crippen molar-refractivity contribution in [1.82, 2.24) is 15.2 Å². The zero-order valence-electron chi connectivity index (χ0n) is 25.0. The first-order chi connectivity index (χ1) is 21.2. The maximum atomic E-state index is 13.8. The Bertz CT molecular complexity index is 1430. The number of pyridine rings is 1. The first-order valence-corrected chi connectivity index (χ1v) is 16.2. The molecule has 9 rings (SSSR count). The Morgan fingerprint density at radius 2 is 1.61 bits per heavy atom. The van der Waals surface area contributed by atoms with E-state index in [2.05, 4.69) is 26.1 Å². The van der Waals surface area contributed by atoms with E-state index in [4.69, 9.17) is 10.7 Å². The van der Waals surface area contributed by atoms with Crippen LogP contribution in [0.1, 0.15) is 38.5 Å². The number of para-hydroxylation sites is 2. The van der Waals surface area contributed by atoms with E-state index in [0.29, 0.717) is 37.4 Å². The van der Waals surface area contributed by atoms with E-state index in [0.717, 1.165) is 81.2 Å². The van der Waals surface area contributed by atoms with Crippen LogP contribution in [-0.4, -0.2) is 79.6 Å². The molecule has 7 aliphatic rings. The highest BCUT2D eigenvalue weighted by molar-refractivity contribution is 5.98. The zero-order chi connectivity index (χ0) is 30.2. The monoisotopic (exact) mass is 605 g/mol. The van der Waals surface area contributed by atoms with Crippen LogP contribution in [0.25, 0.3) is 0 Å². The Balaban J connectivity index is 0.926. The van der Waals surface area contributed by atoms with E-state index >= 15 is 0 Å². The molecule has 0 radical (unpaired) electrons. The van der Waals surface area contributed by atoms with Gasteiger partial charge in [-0.2, -0.15) is 0 Å². The summed E-state index contributed by atoms with van der Waals surface area (Å²) in [5.74, 6) is -1.10. The second-order valence-corrected chi connectivity index (χ2v) is 14.2. The van der Waals surface area contributed by atoms with Gasteiger partial charge in [0.05, 0.1) is 23.3 Å². The molecule has 9 nitrogen and oxygen atoms in total. The Morgan fingerprint density at radius 1 is 0.909 bits per heavy atom. The Hall–Kier alpha value is -3.47. The van der Waals surface area contributed by atoms with E-state index in [-0.39, 0.29) is 29.8 Å². The Morgan fingerprint density at radius 3 is 2.25 bits per heavy atom. The summed E-state index contributed by atoms with van der Waals surface area (Å²) >= 11 is 0. The molecule has 4 bridgehead atoms. The van der Waals surface area contributed by atoms with Crippen molar-refractivity contribution in [3.63, 3.8) is 0 Å². The third-order valence-electron chi connectivity index (χ3n) is 11.5. The van der Waals surface area contributed by atoms with Crippen LogP contribution in [0, 0.1) is 29.1 Å². The molecule has 6 atom stereocenters. The molecular weight excluding hydrogens is 564 g/mol. The van der Waals surface area contributed by atoms with Crippen LogP contribution in [0.3, 0.4) is 0 Å². The molecule has 44 heavy (non-hydrogen) atoms. The predicted molar refractivity (Wildman–Crippen MR) is 164 cm³/mol. The number of carbonyl (C=O) groups excluding carboxylic acids is 2. The van der Waals surface area contributed by atoms with Gasteiger partial charge in [0.1, 0.15) is 5.82 Å². The summed E-state index contributed by atoms with van der Waals surface area (Å²) in [6.07, 6.45) is 6.56. The number of nitrogens with zero attached hydrogens (tertiary/aromatic N) is 5. The lowest BCUT2D eigenvalue weighted by Crippen LogP contribution is -2.63. The smallest absolute Gasteiger partial charge is 0.322 e. The highest BCUT2D eigenvalue weighted by atomic mass is 19.3. The van der Waals surface area contributed by atoms with Crippen LogP contribution < -0.4 is 25.8 Å². The molecule has 11 heteroatoms. The molecule has 1 aromatic heterocycles. The maximum Gasteiger partial charge on any atom is 0.322 e. The largest absolute Gasteiger partial charge is 0.369 e. The number of rotatable bonds is 6. The lowest BCUT2D eigenvalue weighted by Gasteiger charge is -2.59. The van der Waals surface area contributed by atoms with E-state index < -0.39 is 11.8 Å². The van der Waals surface area contributed by atoms with Crippen molar-refractivity contribution in [2.45, 2.75) is 50.5 Å². The maximum absolute atomic E-state index is 13.8. The fraction of sp³-hybridized carbons (Fsp3) is 0.606. The van der Waals surface area contributed by atoms with Gasteiger partial charge in [-0.3, -0.25) is 14.6 Å². The number of anilines is 4. The van der Waals surface area contributed by atoms with Gasteiger partial charge in [0.25, 0.3) is 5.92 Å². The topological polar surface area (TPSA) is 98.0 Å². The van der Waals surface area contributed by atoms with Gasteiger partial charge < -0.3 is 20.9 Å². The minimum Gasteiger partial charge on any atom is -0.369 e. The second-order valence-electron chi connectivity index (χ2n) is 14.2. The fourth-order valence-corrected chi connectivity index (χ4v) is 9.29. The second kappa shape index (κ2) is 10.3. The molecule has 5 aliphatic carbocycles. The molecule has 3 N–H and O–H groups in total. The minimum absolute atomic E-state index is 0.0292. The average molecular weight is 606 g/mol. The predicted octanol–water partition coefficient (Wildman–Crippen LogP) is 4.21. The van der Waals surface area contributed by atoms with Gasteiger partial charge >= 0.3 is 6.03 Å². The number of nitrogens with two attached hydrogens (primary N) is 1. The Kier molecular flexibility index (Phi) is 6.55. The van der Waals surface area contributed by atoms with Gasteiger partial charge in [-0.15, -0.1) is 0 Å². The highest BCUT2D eigenvalue weighted by Crippen LogP contribution is 2.60. The lowest BCUT2D eigenvalue weighted by atomic mass is 9.47. The number of halogens is 2. The number of primary amides is 1. The summed E-state index contributed by atoms with van der Waals surface area (Å²) in [7, 11) is 0. The standard InChI is InChI=1S/C33H41F2N7O2/c34-33(35)18-24(33)20-39-7-9-40(10-8-39)25-5-6-28(37-19-25)41-11-12-42(27-4-2-1-3-26(27)41)31(44)38-29-22-13-21-14-23(29)17-32(15-21,16-22)30(36)43/h1-6,19,21-24,29H,7-18,20H2,(H2,36,43)(H,38,44)/t21?,22-,23+,24?,29?,32?. The zero-order valence-corrected chi connectivity index (χ0v) is 25.0. The van der Waals surface area contributed by atoms with E-state index in [1.54, 1.807) is 0 Å². The number of piperazine rings is 1. The molecule has 6 fully saturated rings. The number of hydrogen-bond donors (Lipinski definition) is 2. The van der Waals surface area contributed by atoms with Crippen LogP contribution in [0.5, 0.6) is 0 Å². The van der Waals surface area contributed by atoms with Crippen molar-refractivity contribution in [1.29, 1.82) is 0 Å². The molecule has 5 saturated carbocycles. The number of benzene rings is 1. The number of fused-ring (bicyclic) bond motifs is 1. The van der Waals surface area contributed by atoms with Gasteiger partial charge in [0.15, 0.2) is 0 Å². The molecule has 2 aliphatic heterocycles. The summed E-state index contributed by atoms with van der Waals surface area (Å²) in [5.41, 5.74) is 8.34. The van der Waals surface area contributed by atoms with Crippen LogP contribution in [-0.2, 0) is 4.79 Å². The van der Waals surface area contributed by atoms with Crippen molar-refractivity contribution < 1.29 is 18.4 Å². The number of amides is 3. The first-order valence-electron chi connectivity index (χ1n) is 16.2. The average Bonchev–Trinajstić information content (AvgIpc) is 3.63. The fourth-order valence-electron chi connectivity index (χ4n) is 9.29. The molecule has 1 saturated heterocycles. The highest BCUT2D eigenvalue weighted by Gasteiger charge is 2.58. The number of nitrogens with one attached hydrogen (secondary N) is 1. The Labute approximate surface area is 256 Å². The van der Waals surface area contributed by atoms with Crippen LogP contribution >= 0.6 is 0 Å². The molecule has 234 valence electrons. The number of aromatic nitrogens is 1. The third kappa shape index (κ3) is 4.78. The molecular formula is C33H41F2N7O2. The number of hydrogen-bond acceptors (Lipinski definition) is 6. The van der Waals surface area contributed by atoms with E-state index in [9.17, 15) is 18.4 Å². The normalized spacial score (nSPS) is 33.7. The summed E-state index contributed by atoms with van der Waals surface area (Å²) in [5, 5.41) is 3.40. The van der Waals surface area contributed by atoms with Crippen molar-refractivity contribution in [2.24, 2.45) is 34.8 Å². The van der Waals surface area contributed by atoms with Gasteiger partial charge in [-0.25, -0.2) is 18.6 Å². The molecule has 4 unspecified atom stereocenters. The lowest BCUT2D eigenvalue weighted by molar-refractivity contribution is -0.145.